The number of anilines is 1. The Morgan fingerprint density at radius 1 is 1.08 bits per heavy atom. The summed E-state index contributed by atoms with van der Waals surface area (Å²) in [5.41, 5.74) is 2.02. The van der Waals surface area contributed by atoms with E-state index in [0.29, 0.717) is 0 Å². The van der Waals surface area contributed by atoms with Crippen molar-refractivity contribution >= 4 is 16.7 Å². The molecule has 1 aromatic heterocycles. The molecule has 2 N–H and O–H groups in total. The summed E-state index contributed by atoms with van der Waals surface area (Å²) in [6.45, 7) is 3.15. The summed E-state index contributed by atoms with van der Waals surface area (Å²) >= 11 is 0. The molecule has 2 aliphatic rings. The number of hydrogen-bond donors (Lipinski definition) is 2. The van der Waals surface area contributed by atoms with Crippen LogP contribution >= 0.6 is 0 Å². The molecule has 2 aliphatic heterocycles. The van der Waals surface area contributed by atoms with E-state index in [2.05, 4.69) is 28.4 Å². The van der Waals surface area contributed by atoms with Crippen molar-refractivity contribution in [2.24, 2.45) is 0 Å². The van der Waals surface area contributed by atoms with Crippen LogP contribution in [0.1, 0.15) is 50.2 Å². The van der Waals surface area contributed by atoms with Crippen LogP contribution in [-0.4, -0.2) is 35.8 Å². The van der Waals surface area contributed by atoms with E-state index in [1.807, 2.05) is 12.1 Å². The first-order valence-electron chi connectivity index (χ1n) is 9.39. The van der Waals surface area contributed by atoms with Gasteiger partial charge in [-0.25, -0.2) is 4.98 Å². The molecule has 2 saturated heterocycles. The average molecular weight is 325 g/mol. The van der Waals surface area contributed by atoms with Crippen LogP contribution in [0.15, 0.2) is 30.3 Å². The number of hydrogen-bond acceptors (Lipinski definition) is 4. The van der Waals surface area contributed by atoms with Crippen molar-refractivity contribution in [2.75, 3.05) is 24.5 Å². The minimum absolute atomic E-state index is 0.152. The van der Waals surface area contributed by atoms with Crippen LogP contribution in [0.2, 0.25) is 0 Å². The second-order valence-corrected chi connectivity index (χ2v) is 7.14. The molecule has 3 heterocycles. The number of rotatable bonds is 3. The van der Waals surface area contributed by atoms with Crippen LogP contribution < -0.4 is 10.2 Å². The second-order valence-electron chi connectivity index (χ2n) is 7.14. The Morgan fingerprint density at radius 3 is 2.71 bits per heavy atom. The quantitative estimate of drug-likeness (QED) is 0.908. The number of pyridine rings is 1. The van der Waals surface area contributed by atoms with Crippen LogP contribution in [0, 0.1) is 0 Å². The number of nitrogens with one attached hydrogen (secondary N) is 1. The maximum absolute atomic E-state index is 11.1. The summed E-state index contributed by atoms with van der Waals surface area (Å²) in [5.74, 6) is 1.03. The third kappa shape index (κ3) is 3.13. The summed E-state index contributed by atoms with van der Waals surface area (Å²) in [4.78, 5) is 7.26. The molecule has 128 valence electrons. The van der Waals surface area contributed by atoms with Crippen LogP contribution in [0.4, 0.5) is 5.82 Å². The number of aromatic nitrogens is 1. The molecule has 2 aromatic rings. The minimum Gasteiger partial charge on any atom is -0.387 e. The largest absolute Gasteiger partial charge is 0.387 e. The third-order valence-electron chi connectivity index (χ3n) is 5.46. The van der Waals surface area contributed by atoms with E-state index < -0.39 is 6.10 Å². The number of piperidine rings is 2. The van der Waals surface area contributed by atoms with Crippen molar-refractivity contribution in [2.45, 2.75) is 50.7 Å². The monoisotopic (exact) mass is 325 g/mol. The predicted octanol–water partition coefficient (Wildman–Crippen LogP) is 3.40. The highest BCUT2D eigenvalue weighted by Crippen LogP contribution is 2.32. The predicted molar refractivity (Wildman–Crippen MR) is 98.4 cm³/mol. The number of nitrogens with zero attached hydrogens (tertiary/aromatic N) is 2. The Labute approximate surface area is 143 Å². The molecule has 2 atom stereocenters. The topological polar surface area (TPSA) is 48.4 Å². The second kappa shape index (κ2) is 7.08. The zero-order valence-electron chi connectivity index (χ0n) is 14.2. The molecule has 0 radical (unpaired) electrons. The number of fused-ring (bicyclic) bond motifs is 1. The average Bonchev–Trinajstić information content (AvgIpc) is 2.68. The summed E-state index contributed by atoms with van der Waals surface area (Å²) < 4.78 is 0. The summed E-state index contributed by atoms with van der Waals surface area (Å²) in [7, 11) is 0. The fourth-order valence-electron chi connectivity index (χ4n) is 4.08. The standard InChI is InChI=1S/C20H27N3O/c24-20(18-10-4-5-11-21-18)16-14-19(23-12-6-1-7-13-23)22-17-9-3-2-8-15(16)17/h2-3,8-9,14,18,20-21,24H,1,4-7,10-13H2. The maximum atomic E-state index is 11.1. The molecule has 4 nitrogen and oxygen atoms in total. The molecular formula is C20H27N3O. The van der Waals surface area contributed by atoms with Crippen LogP contribution in [-0.2, 0) is 0 Å². The fraction of sp³-hybridized carbons (Fsp3) is 0.550. The van der Waals surface area contributed by atoms with Crippen molar-refractivity contribution in [1.82, 2.24) is 10.3 Å². The molecule has 24 heavy (non-hydrogen) atoms. The fourth-order valence-corrected chi connectivity index (χ4v) is 4.08. The van der Waals surface area contributed by atoms with Crippen molar-refractivity contribution in [3.05, 3.63) is 35.9 Å². The van der Waals surface area contributed by atoms with E-state index in [1.165, 1.54) is 32.1 Å². The van der Waals surface area contributed by atoms with E-state index in [9.17, 15) is 5.11 Å². The lowest BCUT2D eigenvalue weighted by Gasteiger charge is -2.31. The van der Waals surface area contributed by atoms with Gasteiger partial charge in [-0.15, -0.1) is 0 Å². The van der Waals surface area contributed by atoms with Gasteiger partial charge in [0.25, 0.3) is 0 Å². The highest BCUT2D eigenvalue weighted by Gasteiger charge is 2.25. The molecule has 2 unspecified atom stereocenters. The Bertz CT molecular complexity index is 690. The maximum Gasteiger partial charge on any atom is 0.129 e. The lowest BCUT2D eigenvalue weighted by atomic mass is 9.92. The van der Waals surface area contributed by atoms with Gasteiger partial charge in [-0.05, 0) is 56.3 Å². The SMILES string of the molecule is OC(c1cc(N2CCCCC2)nc2ccccc12)C1CCCCN1. The van der Waals surface area contributed by atoms with E-state index in [0.717, 1.165) is 48.3 Å². The Balaban J connectivity index is 1.73. The third-order valence-corrected chi connectivity index (χ3v) is 5.46. The number of para-hydroxylation sites is 1. The highest BCUT2D eigenvalue weighted by atomic mass is 16.3. The number of aliphatic hydroxyl groups excluding tert-OH is 1. The van der Waals surface area contributed by atoms with Crippen molar-refractivity contribution in [1.29, 1.82) is 0 Å². The Morgan fingerprint density at radius 2 is 1.92 bits per heavy atom. The summed E-state index contributed by atoms with van der Waals surface area (Å²) in [6, 6.07) is 10.5. The van der Waals surface area contributed by atoms with E-state index >= 15 is 0 Å². The van der Waals surface area contributed by atoms with Gasteiger partial charge in [0.2, 0.25) is 0 Å². The van der Waals surface area contributed by atoms with E-state index in [4.69, 9.17) is 4.98 Å². The molecule has 0 aliphatic carbocycles. The zero-order chi connectivity index (χ0) is 16.4. The van der Waals surface area contributed by atoms with Crippen LogP contribution in [0.25, 0.3) is 10.9 Å². The molecule has 0 spiro atoms. The van der Waals surface area contributed by atoms with Crippen LogP contribution in [0.3, 0.4) is 0 Å². The van der Waals surface area contributed by atoms with Gasteiger partial charge in [0, 0.05) is 24.5 Å². The summed E-state index contributed by atoms with van der Waals surface area (Å²) in [6.07, 6.45) is 6.74. The van der Waals surface area contributed by atoms with Crippen molar-refractivity contribution < 1.29 is 5.11 Å². The molecule has 4 heteroatoms. The van der Waals surface area contributed by atoms with Crippen molar-refractivity contribution in [3.8, 4) is 0 Å². The molecule has 4 rings (SSSR count). The van der Waals surface area contributed by atoms with Gasteiger partial charge in [0.1, 0.15) is 5.82 Å². The Kier molecular flexibility index (Phi) is 4.67. The highest BCUT2D eigenvalue weighted by molar-refractivity contribution is 5.84. The molecule has 1 aromatic carbocycles. The lowest BCUT2D eigenvalue weighted by molar-refractivity contribution is 0.115. The lowest BCUT2D eigenvalue weighted by Crippen LogP contribution is -2.39. The first-order chi connectivity index (χ1) is 11.8. The van der Waals surface area contributed by atoms with Gasteiger partial charge >= 0.3 is 0 Å². The number of benzene rings is 1. The molecular weight excluding hydrogens is 298 g/mol. The molecule has 0 bridgehead atoms. The minimum atomic E-state index is -0.471. The normalized spacial score (nSPS) is 23.4. The summed E-state index contributed by atoms with van der Waals surface area (Å²) in [5, 5.41) is 15.6. The zero-order valence-corrected chi connectivity index (χ0v) is 14.2. The van der Waals surface area contributed by atoms with Crippen LogP contribution in [0.5, 0.6) is 0 Å². The smallest absolute Gasteiger partial charge is 0.129 e. The van der Waals surface area contributed by atoms with Gasteiger partial charge in [0.05, 0.1) is 11.6 Å². The van der Waals surface area contributed by atoms with Gasteiger partial charge in [-0.1, -0.05) is 24.6 Å². The van der Waals surface area contributed by atoms with Gasteiger partial charge in [-0.2, -0.15) is 0 Å². The molecule has 2 fully saturated rings. The molecule has 0 saturated carbocycles. The van der Waals surface area contributed by atoms with Gasteiger partial charge in [-0.3, -0.25) is 0 Å². The molecule has 0 amide bonds. The van der Waals surface area contributed by atoms with E-state index in [1.54, 1.807) is 0 Å². The number of aliphatic hydroxyl groups is 1. The first kappa shape index (κ1) is 15.9. The van der Waals surface area contributed by atoms with Crippen molar-refractivity contribution in [3.63, 3.8) is 0 Å². The Hall–Kier alpha value is -1.65. The van der Waals surface area contributed by atoms with E-state index in [-0.39, 0.29) is 6.04 Å². The van der Waals surface area contributed by atoms with Gasteiger partial charge < -0.3 is 15.3 Å². The first-order valence-corrected chi connectivity index (χ1v) is 9.39. The van der Waals surface area contributed by atoms with Gasteiger partial charge in [0.15, 0.2) is 0 Å².